The van der Waals surface area contributed by atoms with Crippen LogP contribution in [0.4, 0.5) is 5.69 Å². The van der Waals surface area contributed by atoms with Crippen molar-refractivity contribution in [2.45, 2.75) is 17.9 Å². The van der Waals surface area contributed by atoms with E-state index in [9.17, 15) is 5.11 Å². The molecule has 1 N–H and O–H groups in total. The Bertz CT molecular complexity index is 675. The van der Waals surface area contributed by atoms with Crippen LogP contribution in [0.15, 0.2) is 54.6 Å². The average Bonchev–Trinajstić information content (AvgIpc) is 2.78. The minimum Gasteiger partial charge on any atom is -0.497 e. The third-order valence-electron chi connectivity index (χ3n) is 3.90. The van der Waals surface area contributed by atoms with Gasteiger partial charge in [0.15, 0.2) is 5.72 Å². The first-order valence-electron chi connectivity index (χ1n) is 7.00. The van der Waals surface area contributed by atoms with Gasteiger partial charge in [0, 0.05) is 11.3 Å². The lowest BCUT2D eigenvalue weighted by atomic mass is 9.97. The fourth-order valence-corrected chi connectivity index (χ4v) is 4.42. The van der Waals surface area contributed by atoms with Gasteiger partial charge in [-0.3, -0.25) is 4.90 Å². The Kier molecular flexibility index (Phi) is 4.12. The molecule has 0 amide bonds. The first-order valence-corrected chi connectivity index (χ1v) is 8.29. The molecule has 1 aliphatic heterocycles. The van der Waals surface area contributed by atoms with Gasteiger partial charge < -0.3 is 9.84 Å². The van der Waals surface area contributed by atoms with E-state index in [4.69, 9.17) is 17.0 Å². The number of nitrogens with zero attached hydrogens (tertiary/aromatic N) is 1. The highest BCUT2D eigenvalue weighted by Gasteiger charge is 2.50. The third kappa shape index (κ3) is 2.39. The van der Waals surface area contributed by atoms with Gasteiger partial charge in [0.1, 0.15) is 10.1 Å². The lowest BCUT2D eigenvalue weighted by Crippen LogP contribution is -2.47. The lowest BCUT2D eigenvalue weighted by Gasteiger charge is -2.37. The molecule has 1 saturated heterocycles. The Morgan fingerprint density at radius 3 is 2.36 bits per heavy atom. The van der Waals surface area contributed by atoms with Crippen LogP contribution in [0.1, 0.15) is 12.5 Å². The Balaban J connectivity index is 2.09. The minimum absolute atomic E-state index is 0.0754. The number of methoxy groups -OCH3 is 1. The molecule has 1 fully saturated rings. The third-order valence-corrected chi connectivity index (χ3v) is 5.43. The zero-order valence-corrected chi connectivity index (χ0v) is 14.0. The molecule has 1 aliphatic rings. The molecule has 1 heterocycles. The van der Waals surface area contributed by atoms with Crippen LogP contribution in [0.3, 0.4) is 0 Å². The molecule has 0 aromatic heterocycles. The van der Waals surface area contributed by atoms with Gasteiger partial charge in [-0.1, -0.05) is 54.3 Å². The fourth-order valence-electron chi connectivity index (χ4n) is 2.69. The summed E-state index contributed by atoms with van der Waals surface area (Å²) < 4.78 is 5.88. The van der Waals surface area contributed by atoms with Crippen LogP contribution in [0.2, 0.25) is 0 Å². The highest BCUT2D eigenvalue weighted by molar-refractivity contribution is 8.24. The number of thiocarbonyl (C=S) groups is 1. The number of benzene rings is 2. The van der Waals surface area contributed by atoms with Crippen molar-refractivity contribution in [2.75, 3.05) is 12.0 Å². The highest BCUT2D eigenvalue weighted by Crippen LogP contribution is 2.47. The smallest absolute Gasteiger partial charge is 0.182 e. The summed E-state index contributed by atoms with van der Waals surface area (Å²) in [5.41, 5.74) is 0.523. The van der Waals surface area contributed by atoms with Crippen molar-refractivity contribution in [1.82, 2.24) is 0 Å². The molecule has 2 atom stereocenters. The van der Waals surface area contributed by atoms with Crippen molar-refractivity contribution in [3.63, 3.8) is 0 Å². The molecule has 3 rings (SSSR count). The number of hydrogen-bond acceptors (Lipinski definition) is 4. The molecular weight excluding hydrogens is 314 g/mol. The summed E-state index contributed by atoms with van der Waals surface area (Å²) in [7, 11) is 1.63. The quantitative estimate of drug-likeness (QED) is 0.866. The zero-order valence-electron chi connectivity index (χ0n) is 12.4. The van der Waals surface area contributed by atoms with Gasteiger partial charge in [0.25, 0.3) is 0 Å². The second-order valence-electron chi connectivity index (χ2n) is 5.15. The van der Waals surface area contributed by atoms with Crippen LogP contribution >= 0.6 is 24.0 Å². The summed E-state index contributed by atoms with van der Waals surface area (Å²) in [6.07, 6.45) is 0. The van der Waals surface area contributed by atoms with Crippen LogP contribution in [0, 0.1) is 0 Å². The van der Waals surface area contributed by atoms with E-state index >= 15 is 0 Å². The van der Waals surface area contributed by atoms with E-state index < -0.39 is 5.72 Å². The summed E-state index contributed by atoms with van der Waals surface area (Å²) in [6.45, 7) is 1.99. The second-order valence-corrected chi connectivity index (χ2v) is 7.13. The molecule has 0 spiro atoms. The SMILES string of the molecule is COc1ccc(C2(O)C(C)SC(=S)N2c2ccccc2)cc1. The van der Waals surface area contributed by atoms with Gasteiger partial charge in [-0.15, -0.1) is 0 Å². The van der Waals surface area contributed by atoms with Crippen molar-refractivity contribution in [1.29, 1.82) is 0 Å². The van der Waals surface area contributed by atoms with Gasteiger partial charge in [-0.2, -0.15) is 0 Å². The molecule has 0 bridgehead atoms. The summed E-state index contributed by atoms with van der Waals surface area (Å²) >= 11 is 7.01. The molecule has 0 radical (unpaired) electrons. The van der Waals surface area contributed by atoms with Crippen LogP contribution in [0.25, 0.3) is 0 Å². The maximum absolute atomic E-state index is 11.5. The minimum atomic E-state index is -1.17. The van der Waals surface area contributed by atoms with Crippen molar-refractivity contribution in [3.8, 4) is 5.75 Å². The van der Waals surface area contributed by atoms with Gasteiger partial charge in [0.2, 0.25) is 0 Å². The lowest BCUT2D eigenvalue weighted by molar-refractivity contribution is 0.0533. The van der Waals surface area contributed by atoms with Crippen molar-refractivity contribution in [3.05, 3.63) is 60.2 Å². The van der Waals surface area contributed by atoms with Gasteiger partial charge in [0.05, 0.1) is 12.4 Å². The topological polar surface area (TPSA) is 32.7 Å². The van der Waals surface area contributed by atoms with Crippen LogP contribution in [0.5, 0.6) is 5.75 Å². The molecule has 0 saturated carbocycles. The molecule has 0 aliphatic carbocycles. The van der Waals surface area contributed by atoms with E-state index in [1.165, 1.54) is 11.8 Å². The molecule has 2 aromatic carbocycles. The summed E-state index contributed by atoms with van der Waals surface area (Å²) in [4.78, 5) is 1.83. The number of para-hydroxylation sites is 1. The van der Waals surface area contributed by atoms with Crippen LogP contribution in [-0.2, 0) is 5.72 Å². The van der Waals surface area contributed by atoms with E-state index in [2.05, 4.69) is 0 Å². The van der Waals surface area contributed by atoms with E-state index in [0.717, 1.165) is 17.0 Å². The highest BCUT2D eigenvalue weighted by atomic mass is 32.2. The largest absolute Gasteiger partial charge is 0.497 e. The van der Waals surface area contributed by atoms with Crippen LogP contribution in [-0.4, -0.2) is 21.8 Å². The summed E-state index contributed by atoms with van der Waals surface area (Å²) in [5, 5.41) is 11.4. The molecule has 2 aromatic rings. The molecule has 3 nitrogen and oxygen atoms in total. The molecule has 22 heavy (non-hydrogen) atoms. The molecule has 5 heteroatoms. The van der Waals surface area contributed by atoms with Gasteiger partial charge >= 0.3 is 0 Å². The Morgan fingerprint density at radius 2 is 1.77 bits per heavy atom. The summed E-state index contributed by atoms with van der Waals surface area (Å²) in [5.74, 6) is 0.763. The number of rotatable bonds is 3. The van der Waals surface area contributed by atoms with Crippen molar-refractivity contribution < 1.29 is 9.84 Å². The van der Waals surface area contributed by atoms with Gasteiger partial charge in [-0.25, -0.2) is 0 Å². The second kappa shape index (κ2) is 5.91. The number of hydrogen-bond donors (Lipinski definition) is 1. The van der Waals surface area contributed by atoms with E-state index in [1.807, 2.05) is 66.4 Å². The standard InChI is InChI=1S/C17H17NO2S2/c1-12-17(19,13-8-10-15(20-2)11-9-13)18(16(21)22-12)14-6-4-3-5-7-14/h3-12,19H,1-2H3. The Morgan fingerprint density at radius 1 is 1.14 bits per heavy atom. The molecule has 114 valence electrons. The average molecular weight is 331 g/mol. The zero-order chi connectivity index (χ0) is 15.7. The number of thioether (sulfide) groups is 1. The van der Waals surface area contributed by atoms with Gasteiger partial charge in [-0.05, 0) is 31.2 Å². The Hall–Kier alpha value is -1.56. The van der Waals surface area contributed by atoms with E-state index in [1.54, 1.807) is 7.11 Å². The first kappa shape index (κ1) is 15.3. The van der Waals surface area contributed by atoms with E-state index in [-0.39, 0.29) is 5.25 Å². The number of aliphatic hydroxyl groups is 1. The van der Waals surface area contributed by atoms with Crippen LogP contribution < -0.4 is 9.64 Å². The molecular formula is C17H17NO2S2. The fraction of sp³-hybridized carbons (Fsp3) is 0.235. The van der Waals surface area contributed by atoms with Crippen molar-refractivity contribution in [2.24, 2.45) is 0 Å². The Labute approximate surface area is 139 Å². The van der Waals surface area contributed by atoms with Crippen molar-refractivity contribution >= 4 is 34.0 Å². The molecule has 2 unspecified atom stereocenters. The predicted octanol–water partition coefficient (Wildman–Crippen LogP) is 3.77. The number of ether oxygens (including phenoxy) is 1. The normalized spacial score (nSPS) is 24.6. The predicted molar refractivity (Wildman–Crippen MR) is 95.5 cm³/mol. The number of anilines is 1. The summed E-state index contributed by atoms with van der Waals surface area (Å²) in [6, 6.07) is 17.2. The first-order chi connectivity index (χ1) is 10.6. The maximum Gasteiger partial charge on any atom is 0.182 e. The van der Waals surface area contributed by atoms with E-state index in [0.29, 0.717) is 4.32 Å². The maximum atomic E-state index is 11.5. The monoisotopic (exact) mass is 331 g/mol.